The van der Waals surface area contributed by atoms with E-state index in [0.717, 1.165) is 13.4 Å². The van der Waals surface area contributed by atoms with E-state index in [2.05, 4.69) is 127 Å². The minimum absolute atomic E-state index is 1.04. The summed E-state index contributed by atoms with van der Waals surface area (Å²) >= 11 is 11.4. The van der Waals surface area contributed by atoms with E-state index in [-0.39, 0.29) is 0 Å². The number of halogens is 3. The summed E-state index contributed by atoms with van der Waals surface area (Å²) in [4.78, 5) is 0. The first kappa shape index (κ1) is 17.9. The van der Waals surface area contributed by atoms with E-state index in [1.165, 1.54) is 53.9 Å². The van der Waals surface area contributed by atoms with E-state index >= 15 is 0 Å². The van der Waals surface area contributed by atoms with Crippen molar-refractivity contribution in [1.82, 2.24) is 0 Å². The van der Waals surface area contributed by atoms with Crippen molar-refractivity contribution in [3.05, 3.63) is 92.3 Å². The van der Waals surface area contributed by atoms with Crippen molar-refractivity contribution in [2.75, 3.05) is 0 Å². The van der Waals surface area contributed by atoms with Gasteiger partial charge in [-0.05, 0) is 102 Å². The molecule has 6 aromatic carbocycles. The van der Waals surface area contributed by atoms with Gasteiger partial charge in [-0.2, -0.15) is 0 Å². The molecule has 0 aliphatic rings. The van der Waals surface area contributed by atoms with E-state index in [4.69, 9.17) is 0 Å². The van der Waals surface area contributed by atoms with Crippen LogP contribution in [0.15, 0.2) is 92.3 Å². The number of benzene rings is 6. The number of fused-ring (bicyclic) bond motifs is 11. The van der Waals surface area contributed by atoms with Crippen molar-refractivity contribution in [3.63, 3.8) is 0 Å². The zero-order valence-electron chi connectivity index (χ0n) is 15.1. The van der Waals surface area contributed by atoms with Crippen LogP contribution in [0.3, 0.4) is 0 Å². The normalized spacial score (nSPS) is 12.0. The molecule has 0 aromatic heterocycles. The molecule has 0 amide bonds. The van der Waals surface area contributed by atoms with Crippen molar-refractivity contribution < 1.29 is 0 Å². The molecule has 0 fully saturated rings. The van der Waals surface area contributed by atoms with Gasteiger partial charge in [0.25, 0.3) is 0 Å². The Bertz CT molecular complexity index is 1630. The first-order chi connectivity index (χ1) is 14.2. The predicted molar refractivity (Wildman–Crippen MR) is 137 cm³/mol. The summed E-state index contributed by atoms with van der Waals surface area (Å²) in [5.41, 5.74) is 0. The summed E-state index contributed by atoms with van der Waals surface area (Å²) < 4.78 is 3.17. The van der Waals surface area contributed by atoms with Crippen LogP contribution in [0.1, 0.15) is 0 Å². The SMILES string of the molecule is Brc1cc2c3ccccc3c3c4ccccc4c4ccccc4c3c2c(Br)c1Br. The largest absolute Gasteiger partial charge is 0.0616 e. The van der Waals surface area contributed by atoms with Crippen LogP contribution in [0.2, 0.25) is 0 Å². The second kappa shape index (κ2) is 6.53. The fourth-order valence-electron chi connectivity index (χ4n) is 4.67. The summed E-state index contributed by atoms with van der Waals surface area (Å²) in [6.07, 6.45) is 0. The summed E-state index contributed by atoms with van der Waals surface area (Å²) in [6, 6.07) is 28.5. The van der Waals surface area contributed by atoms with Gasteiger partial charge in [-0.3, -0.25) is 0 Å². The number of hydrogen-bond donors (Lipinski definition) is 0. The molecule has 0 aliphatic carbocycles. The monoisotopic (exact) mass is 562 g/mol. The third-order valence-corrected chi connectivity index (χ3v) is 9.14. The maximum absolute atomic E-state index is 3.91. The number of hydrogen-bond acceptors (Lipinski definition) is 0. The number of rotatable bonds is 0. The highest BCUT2D eigenvalue weighted by molar-refractivity contribution is 9.14. The molecule has 0 spiro atoms. The molecule has 138 valence electrons. The van der Waals surface area contributed by atoms with Crippen molar-refractivity contribution in [2.24, 2.45) is 0 Å². The van der Waals surface area contributed by atoms with Gasteiger partial charge < -0.3 is 0 Å². The maximum Gasteiger partial charge on any atom is 0.0466 e. The van der Waals surface area contributed by atoms with Gasteiger partial charge in [0.2, 0.25) is 0 Å². The Morgan fingerprint density at radius 3 is 1.31 bits per heavy atom. The molecular formula is C26H13Br3. The van der Waals surface area contributed by atoms with Gasteiger partial charge in [0.1, 0.15) is 0 Å². The van der Waals surface area contributed by atoms with Crippen LogP contribution < -0.4 is 0 Å². The van der Waals surface area contributed by atoms with Gasteiger partial charge in [0.15, 0.2) is 0 Å². The van der Waals surface area contributed by atoms with E-state index in [0.29, 0.717) is 0 Å². The van der Waals surface area contributed by atoms with Crippen LogP contribution in [0.4, 0.5) is 0 Å². The van der Waals surface area contributed by atoms with Gasteiger partial charge in [-0.1, -0.05) is 72.8 Å². The molecule has 0 atom stereocenters. The summed E-state index contributed by atoms with van der Waals surface area (Å²) in [5.74, 6) is 0. The topological polar surface area (TPSA) is 0 Å². The lowest BCUT2D eigenvalue weighted by Gasteiger charge is -2.18. The summed E-state index contributed by atoms with van der Waals surface area (Å²) in [7, 11) is 0. The summed E-state index contributed by atoms with van der Waals surface area (Å²) in [6.45, 7) is 0. The van der Waals surface area contributed by atoms with E-state index in [1.54, 1.807) is 0 Å². The standard InChI is InChI=1S/C26H13Br3/c27-21-13-20-16-9-3-5-11-18(16)22-17-10-4-1-7-14(17)15-8-2-6-12-19(15)23(22)24(20)26(29)25(21)28/h1-13H. The first-order valence-corrected chi connectivity index (χ1v) is 11.8. The van der Waals surface area contributed by atoms with Crippen molar-refractivity contribution in [3.8, 4) is 0 Å². The van der Waals surface area contributed by atoms with Crippen molar-refractivity contribution in [1.29, 1.82) is 0 Å². The lowest BCUT2D eigenvalue weighted by Crippen LogP contribution is -1.90. The Morgan fingerprint density at radius 1 is 0.379 bits per heavy atom. The minimum atomic E-state index is 1.04. The molecular weight excluding hydrogens is 552 g/mol. The fraction of sp³-hybridized carbons (Fsp3) is 0. The highest BCUT2D eigenvalue weighted by Crippen LogP contribution is 2.48. The van der Waals surface area contributed by atoms with Crippen LogP contribution in [-0.2, 0) is 0 Å². The maximum atomic E-state index is 3.91. The molecule has 0 unspecified atom stereocenters. The van der Waals surface area contributed by atoms with Crippen molar-refractivity contribution >= 4 is 102 Å². The molecule has 6 rings (SSSR count). The Hall–Kier alpha value is -1.94. The van der Waals surface area contributed by atoms with E-state index in [1.807, 2.05) is 0 Å². The molecule has 0 aliphatic heterocycles. The minimum Gasteiger partial charge on any atom is -0.0616 e. The van der Waals surface area contributed by atoms with E-state index in [9.17, 15) is 0 Å². The van der Waals surface area contributed by atoms with Crippen LogP contribution >= 0.6 is 47.8 Å². The van der Waals surface area contributed by atoms with Gasteiger partial charge in [-0.15, -0.1) is 0 Å². The van der Waals surface area contributed by atoms with Gasteiger partial charge >= 0.3 is 0 Å². The van der Waals surface area contributed by atoms with Gasteiger partial charge in [0.05, 0.1) is 0 Å². The van der Waals surface area contributed by atoms with Crippen LogP contribution in [0, 0.1) is 0 Å². The smallest absolute Gasteiger partial charge is 0.0466 e. The third kappa shape index (κ3) is 2.41. The lowest BCUT2D eigenvalue weighted by atomic mass is 9.87. The second-order valence-electron chi connectivity index (χ2n) is 7.30. The average Bonchev–Trinajstić information content (AvgIpc) is 2.77. The highest BCUT2D eigenvalue weighted by atomic mass is 79.9. The molecule has 29 heavy (non-hydrogen) atoms. The second-order valence-corrected chi connectivity index (χ2v) is 9.74. The average molecular weight is 565 g/mol. The van der Waals surface area contributed by atoms with Crippen molar-refractivity contribution in [2.45, 2.75) is 0 Å². The Kier molecular flexibility index (Phi) is 4.03. The molecule has 0 nitrogen and oxygen atoms in total. The lowest BCUT2D eigenvalue weighted by molar-refractivity contribution is 1.63. The molecule has 0 N–H and O–H groups in total. The molecule has 0 radical (unpaired) electrons. The summed E-state index contributed by atoms with van der Waals surface area (Å²) in [5, 5.41) is 12.8. The third-order valence-electron chi connectivity index (χ3n) is 5.83. The van der Waals surface area contributed by atoms with Crippen LogP contribution in [-0.4, -0.2) is 0 Å². The zero-order valence-corrected chi connectivity index (χ0v) is 19.9. The Morgan fingerprint density at radius 2 is 0.793 bits per heavy atom. The molecule has 0 heterocycles. The molecule has 6 aromatic rings. The quantitative estimate of drug-likeness (QED) is 0.127. The fourth-order valence-corrected chi connectivity index (χ4v) is 6.30. The molecule has 3 heteroatoms. The van der Waals surface area contributed by atoms with E-state index < -0.39 is 0 Å². The molecule has 0 saturated carbocycles. The zero-order chi connectivity index (χ0) is 19.7. The van der Waals surface area contributed by atoms with Gasteiger partial charge in [0, 0.05) is 18.8 Å². The van der Waals surface area contributed by atoms with Crippen LogP contribution in [0.25, 0.3) is 53.9 Å². The molecule has 0 saturated heterocycles. The highest BCUT2D eigenvalue weighted by Gasteiger charge is 2.19. The Labute approximate surface area is 192 Å². The Balaban J connectivity index is 2.14. The van der Waals surface area contributed by atoms with Gasteiger partial charge in [-0.25, -0.2) is 0 Å². The van der Waals surface area contributed by atoms with Crippen LogP contribution in [0.5, 0.6) is 0 Å². The predicted octanol–water partition coefficient (Wildman–Crippen LogP) is 9.74. The first-order valence-electron chi connectivity index (χ1n) is 9.38. The molecule has 0 bridgehead atoms.